The Morgan fingerprint density at radius 1 is 1.24 bits per heavy atom. The number of rotatable bonds is 1. The monoisotopic (exact) mass is 300 g/mol. The number of benzene rings is 2. The van der Waals surface area contributed by atoms with Gasteiger partial charge in [-0.15, -0.1) is 0 Å². The number of carbonyl (C=O) groups excluding carboxylic acids is 1. The first-order valence-electron chi connectivity index (χ1n) is 7.04. The van der Waals surface area contributed by atoms with E-state index in [2.05, 4.69) is 0 Å². The fourth-order valence-corrected chi connectivity index (χ4v) is 3.02. The van der Waals surface area contributed by atoms with Crippen LogP contribution in [0.5, 0.6) is 0 Å². The van der Waals surface area contributed by atoms with Gasteiger partial charge in [0.25, 0.3) is 5.91 Å². The van der Waals surface area contributed by atoms with E-state index in [1.165, 1.54) is 0 Å². The Labute approximate surface area is 129 Å². The molecule has 1 amide bonds. The molecule has 0 atom stereocenters. The third-order valence-electron chi connectivity index (χ3n) is 4.03. The number of nitrogen functional groups attached to an aromatic ring is 1. The number of nitrogens with two attached hydrogens (primary N) is 1. The van der Waals surface area contributed by atoms with Crippen LogP contribution in [-0.4, -0.2) is 12.5 Å². The number of amides is 1. The number of hydrogen-bond donors (Lipinski definition) is 1. The Kier molecular flexibility index (Phi) is 3.60. The highest BCUT2D eigenvalue weighted by atomic mass is 35.5. The third-order valence-corrected chi connectivity index (χ3v) is 4.44. The van der Waals surface area contributed by atoms with Gasteiger partial charge in [0, 0.05) is 28.5 Å². The van der Waals surface area contributed by atoms with Gasteiger partial charge in [-0.1, -0.05) is 23.7 Å². The molecule has 1 heterocycles. The second kappa shape index (κ2) is 5.41. The molecule has 2 aromatic rings. The summed E-state index contributed by atoms with van der Waals surface area (Å²) in [5.74, 6) is -0.0125. The van der Waals surface area contributed by atoms with Crippen molar-refractivity contribution in [1.82, 2.24) is 0 Å². The van der Waals surface area contributed by atoms with Crippen molar-refractivity contribution in [3.8, 4) is 0 Å². The predicted octanol–water partition coefficient (Wildman–Crippen LogP) is 3.82. The number of hydrogen-bond acceptors (Lipinski definition) is 2. The molecule has 108 valence electrons. The lowest BCUT2D eigenvalue weighted by atomic mass is 9.98. The maximum Gasteiger partial charge on any atom is 0.258 e. The first-order chi connectivity index (χ1) is 10.1. The average Bonchev–Trinajstić information content (AvgIpc) is 2.49. The molecule has 0 bridgehead atoms. The van der Waals surface area contributed by atoms with E-state index < -0.39 is 0 Å². The molecule has 0 unspecified atom stereocenters. The molecule has 0 spiro atoms. The quantitative estimate of drug-likeness (QED) is 0.814. The highest BCUT2D eigenvalue weighted by Gasteiger charge is 2.25. The lowest BCUT2D eigenvalue weighted by molar-refractivity contribution is 0.0984. The predicted molar refractivity (Wildman–Crippen MR) is 87.0 cm³/mol. The molecule has 0 radical (unpaired) electrons. The van der Waals surface area contributed by atoms with E-state index in [1.807, 2.05) is 42.2 Å². The van der Waals surface area contributed by atoms with Gasteiger partial charge in [0.1, 0.15) is 0 Å². The molecule has 3 rings (SSSR count). The minimum absolute atomic E-state index is 0.0125. The number of halogens is 1. The molecular weight excluding hydrogens is 284 g/mol. The van der Waals surface area contributed by atoms with Crippen LogP contribution >= 0.6 is 11.6 Å². The summed E-state index contributed by atoms with van der Waals surface area (Å²) in [7, 11) is 0. The van der Waals surface area contributed by atoms with E-state index in [9.17, 15) is 4.79 Å². The van der Waals surface area contributed by atoms with Gasteiger partial charge in [-0.2, -0.15) is 0 Å². The van der Waals surface area contributed by atoms with Crippen molar-refractivity contribution in [2.45, 2.75) is 19.8 Å². The molecular formula is C17H17ClN2O. The zero-order valence-corrected chi connectivity index (χ0v) is 12.7. The Balaban J connectivity index is 2.05. The summed E-state index contributed by atoms with van der Waals surface area (Å²) in [4.78, 5) is 14.7. The topological polar surface area (TPSA) is 46.3 Å². The van der Waals surface area contributed by atoms with Gasteiger partial charge in [0.15, 0.2) is 0 Å². The number of nitrogens with zero attached hydrogens (tertiary/aromatic N) is 1. The maximum atomic E-state index is 12.9. The van der Waals surface area contributed by atoms with Crippen LogP contribution in [0.15, 0.2) is 36.4 Å². The van der Waals surface area contributed by atoms with Gasteiger partial charge in [-0.05, 0) is 55.2 Å². The maximum absolute atomic E-state index is 12.9. The van der Waals surface area contributed by atoms with Crippen LogP contribution in [0.25, 0.3) is 0 Å². The van der Waals surface area contributed by atoms with E-state index in [0.717, 1.165) is 35.3 Å². The summed E-state index contributed by atoms with van der Waals surface area (Å²) in [6.07, 6.45) is 1.84. The Hall–Kier alpha value is -2.00. The van der Waals surface area contributed by atoms with Crippen molar-refractivity contribution < 1.29 is 4.79 Å². The van der Waals surface area contributed by atoms with Crippen molar-refractivity contribution >= 4 is 28.9 Å². The van der Waals surface area contributed by atoms with E-state index in [-0.39, 0.29) is 5.91 Å². The van der Waals surface area contributed by atoms with Crippen molar-refractivity contribution in [3.63, 3.8) is 0 Å². The van der Waals surface area contributed by atoms with Gasteiger partial charge < -0.3 is 10.6 Å². The third kappa shape index (κ3) is 2.38. The largest absolute Gasteiger partial charge is 0.398 e. The second-order valence-electron chi connectivity index (χ2n) is 5.32. The molecule has 0 saturated carbocycles. The lowest BCUT2D eigenvalue weighted by Crippen LogP contribution is -2.36. The summed E-state index contributed by atoms with van der Waals surface area (Å²) >= 11 is 6.13. The summed E-state index contributed by atoms with van der Waals surface area (Å²) in [5, 5.41) is 0.616. The van der Waals surface area contributed by atoms with Crippen LogP contribution in [0.3, 0.4) is 0 Å². The molecule has 21 heavy (non-hydrogen) atoms. The number of anilines is 2. The van der Waals surface area contributed by atoms with E-state index in [0.29, 0.717) is 17.1 Å². The second-order valence-corrected chi connectivity index (χ2v) is 5.72. The lowest BCUT2D eigenvalue weighted by Gasteiger charge is -2.30. The normalized spacial score (nSPS) is 13.9. The summed E-state index contributed by atoms with van der Waals surface area (Å²) in [5.41, 5.74) is 10.3. The first-order valence-corrected chi connectivity index (χ1v) is 7.41. The van der Waals surface area contributed by atoms with Crippen molar-refractivity contribution in [2.75, 3.05) is 17.2 Å². The van der Waals surface area contributed by atoms with E-state index in [1.54, 1.807) is 6.07 Å². The molecule has 0 aromatic heterocycles. The molecule has 3 nitrogen and oxygen atoms in total. The minimum atomic E-state index is -0.0125. The fraction of sp³-hybridized carbons (Fsp3) is 0.235. The molecule has 0 saturated heterocycles. The molecule has 4 heteroatoms. The SMILES string of the molecule is Cc1c(Cl)cccc1C(=O)N1CCCc2c(N)cccc21. The highest BCUT2D eigenvalue weighted by Crippen LogP contribution is 2.33. The van der Waals surface area contributed by atoms with Crippen LogP contribution in [0, 0.1) is 6.92 Å². The van der Waals surface area contributed by atoms with Crippen molar-refractivity contribution in [3.05, 3.63) is 58.1 Å². The van der Waals surface area contributed by atoms with E-state index in [4.69, 9.17) is 17.3 Å². The van der Waals surface area contributed by atoms with Gasteiger partial charge >= 0.3 is 0 Å². The fourth-order valence-electron chi connectivity index (χ4n) is 2.85. The minimum Gasteiger partial charge on any atom is -0.398 e. The van der Waals surface area contributed by atoms with Crippen LogP contribution < -0.4 is 10.6 Å². The van der Waals surface area contributed by atoms with Gasteiger partial charge in [0.2, 0.25) is 0 Å². The molecule has 1 aliphatic rings. The Morgan fingerprint density at radius 2 is 2.00 bits per heavy atom. The van der Waals surface area contributed by atoms with Crippen LogP contribution in [0.4, 0.5) is 11.4 Å². The summed E-state index contributed by atoms with van der Waals surface area (Å²) < 4.78 is 0. The molecule has 2 aromatic carbocycles. The zero-order valence-electron chi connectivity index (χ0n) is 11.9. The average molecular weight is 301 g/mol. The van der Waals surface area contributed by atoms with Crippen molar-refractivity contribution in [1.29, 1.82) is 0 Å². The number of fused-ring (bicyclic) bond motifs is 1. The van der Waals surface area contributed by atoms with Crippen molar-refractivity contribution in [2.24, 2.45) is 0 Å². The Bertz CT molecular complexity index is 712. The molecule has 0 fully saturated rings. The van der Waals surface area contributed by atoms with Crippen LogP contribution in [0.2, 0.25) is 5.02 Å². The van der Waals surface area contributed by atoms with Gasteiger partial charge in [0.05, 0.1) is 0 Å². The van der Waals surface area contributed by atoms with Gasteiger partial charge in [-0.3, -0.25) is 4.79 Å². The highest BCUT2D eigenvalue weighted by molar-refractivity contribution is 6.32. The summed E-state index contributed by atoms with van der Waals surface area (Å²) in [6, 6.07) is 11.2. The van der Waals surface area contributed by atoms with E-state index >= 15 is 0 Å². The first kappa shape index (κ1) is 14.0. The standard InChI is InChI=1S/C17H17ClN2O/c1-11-12(5-2-7-14(11)18)17(21)20-10-4-6-13-15(19)8-3-9-16(13)20/h2-3,5,7-9H,4,6,10,19H2,1H3. The zero-order chi connectivity index (χ0) is 15.0. The molecule has 2 N–H and O–H groups in total. The smallest absolute Gasteiger partial charge is 0.258 e. The molecule has 0 aliphatic carbocycles. The summed E-state index contributed by atoms with van der Waals surface area (Å²) in [6.45, 7) is 2.58. The van der Waals surface area contributed by atoms with Crippen LogP contribution in [0.1, 0.15) is 27.9 Å². The van der Waals surface area contributed by atoms with Crippen LogP contribution in [-0.2, 0) is 6.42 Å². The molecule has 1 aliphatic heterocycles. The Morgan fingerprint density at radius 3 is 2.81 bits per heavy atom. The number of carbonyl (C=O) groups is 1. The van der Waals surface area contributed by atoms with Gasteiger partial charge in [-0.25, -0.2) is 0 Å².